The first kappa shape index (κ1) is 44.1. The van der Waals surface area contributed by atoms with E-state index in [1.54, 1.807) is 7.11 Å². The van der Waals surface area contributed by atoms with Crippen LogP contribution in [0.1, 0.15) is 103 Å². The molecule has 10 heteroatoms. The van der Waals surface area contributed by atoms with Crippen LogP contribution in [0.15, 0.2) is 60.7 Å². The lowest BCUT2D eigenvalue weighted by Gasteiger charge is -2.32. The van der Waals surface area contributed by atoms with Gasteiger partial charge in [0.05, 0.1) is 58.3 Å². The van der Waals surface area contributed by atoms with Crippen molar-refractivity contribution in [2.75, 3.05) is 60.0 Å². The number of methoxy groups -OCH3 is 1. The van der Waals surface area contributed by atoms with Gasteiger partial charge in [0.25, 0.3) is 0 Å². The van der Waals surface area contributed by atoms with E-state index in [2.05, 4.69) is 116 Å². The lowest BCUT2D eigenvalue weighted by Crippen LogP contribution is -2.34. The molecule has 1 aliphatic heterocycles. The first-order chi connectivity index (χ1) is 29.2. The molecule has 0 saturated carbocycles. The molecule has 319 valence electrons. The zero-order chi connectivity index (χ0) is 42.4. The van der Waals surface area contributed by atoms with Gasteiger partial charge >= 0.3 is 14.6 Å². The molecule has 1 heterocycles. The monoisotopic (exact) mass is 815 g/mol. The first-order valence-corrected chi connectivity index (χ1v) is 22.5. The van der Waals surface area contributed by atoms with Crippen molar-refractivity contribution in [3.8, 4) is 45.3 Å². The summed E-state index contributed by atoms with van der Waals surface area (Å²) in [5.41, 5.74) is 10.3. The maximum atomic E-state index is 6.81. The summed E-state index contributed by atoms with van der Waals surface area (Å²) >= 11 is 0. The Labute approximate surface area is 360 Å². The Bertz CT molecular complexity index is 2000. The van der Waals surface area contributed by atoms with Gasteiger partial charge in [0.2, 0.25) is 0 Å². The molecule has 0 aromatic heterocycles. The van der Waals surface area contributed by atoms with Crippen LogP contribution in [-0.4, -0.2) is 74.6 Å². The summed E-state index contributed by atoms with van der Waals surface area (Å²) < 4.78 is 50.7. The quantitative estimate of drug-likeness (QED) is 0.0496. The van der Waals surface area contributed by atoms with Gasteiger partial charge in [-0.25, -0.2) is 0 Å². The summed E-state index contributed by atoms with van der Waals surface area (Å²) in [6.07, 6.45) is 4.08. The minimum atomic E-state index is -0.770. The van der Waals surface area contributed by atoms with Gasteiger partial charge in [0.15, 0.2) is 23.0 Å². The van der Waals surface area contributed by atoms with Crippen LogP contribution in [-0.2, 0) is 24.1 Å². The Morgan fingerprint density at radius 1 is 0.550 bits per heavy atom. The van der Waals surface area contributed by atoms with E-state index in [9.17, 15) is 0 Å². The molecule has 3 aliphatic rings. The van der Waals surface area contributed by atoms with Crippen molar-refractivity contribution in [3.63, 3.8) is 0 Å². The highest BCUT2D eigenvalue weighted by Gasteiger charge is 2.53. The van der Waals surface area contributed by atoms with Crippen LogP contribution >= 0.6 is 0 Å². The summed E-state index contributed by atoms with van der Waals surface area (Å²) in [6.45, 7) is 22.2. The van der Waals surface area contributed by atoms with Crippen molar-refractivity contribution in [1.82, 2.24) is 0 Å². The smallest absolute Gasteiger partial charge is 0.489 e. The minimum Gasteiger partial charge on any atom is -0.489 e. The summed E-state index contributed by atoms with van der Waals surface area (Å²) in [4.78, 5) is 0. The standard InChI is InChI=1S/C50H65B2O8/c1-10-32(5)28-54-46-24-40-41-25-47(55-29-33(6)11-2)49(57-31-35(8)13-4)27-45(41)50(44(40)26-48(46)56-30-34(7)12-3)42-22-36(51-58-19-18-53-9)14-16-38(42)39-17-15-37(23-43(39)50)52-59-20-21-60-52/h14-17,22-27,32-35H,10-13,18-21,28-31H2,1-9H3. The van der Waals surface area contributed by atoms with Crippen LogP contribution in [0.2, 0.25) is 0 Å². The van der Waals surface area contributed by atoms with Gasteiger partial charge in [-0.1, -0.05) is 123 Å². The third-order valence-corrected chi connectivity index (χ3v) is 12.9. The second kappa shape index (κ2) is 19.8. The van der Waals surface area contributed by atoms with Crippen molar-refractivity contribution in [2.24, 2.45) is 23.7 Å². The number of rotatable bonds is 22. The number of hydrogen-bond acceptors (Lipinski definition) is 8. The lowest BCUT2D eigenvalue weighted by atomic mass is 9.67. The molecule has 1 saturated heterocycles. The molecule has 4 atom stereocenters. The van der Waals surface area contributed by atoms with Gasteiger partial charge in [-0.2, -0.15) is 0 Å². The average Bonchev–Trinajstić information content (AvgIpc) is 3.99. The van der Waals surface area contributed by atoms with E-state index < -0.39 is 12.5 Å². The van der Waals surface area contributed by atoms with E-state index in [0.29, 0.717) is 76.5 Å². The van der Waals surface area contributed by atoms with Crippen LogP contribution in [0.3, 0.4) is 0 Å². The van der Waals surface area contributed by atoms with Crippen LogP contribution < -0.4 is 29.9 Å². The highest BCUT2D eigenvalue weighted by molar-refractivity contribution is 6.61. The summed E-state index contributed by atoms with van der Waals surface area (Å²) in [7, 11) is 3.09. The van der Waals surface area contributed by atoms with E-state index in [0.717, 1.165) is 104 Å². The van der Waals surface area contributed by atoms with Gasteiger partial charge < -0.3 is 37.6 Å². The predicted molar refractivity (Wildman–Crippen MR) is 243 cm³/mol. The zero-order valence-electron chi connectivity index (χ0n) is 37.5. The normalized spacial score (nSPS) is 18.1. The Morgan fingerprint density at radius 2 is 0.983 bits per heavy atom. The highest BCUT2D eigenvalue weighted by atomic mass is 16.6. The number of ether oxygens (including phenoxy) is 5. The number of fused-ring (bicyclic) bond motifs is 10. The summed E-state index contributed by atoms with van der Waals surface area (Å²) in [6, 6.07) is 22.4. The van der Waals surface area contributed by atoms with Crippen molar-refractivity contribution in [1.29, 1.82) is 0 Å². The second-order valence-electron chi connectivity index (χ2n) is 17.4. The molecule has 0 amide bonds. The average molecular weight is 816 g/mol. The van der Waals surface area contributed by atoms with Crippen LogP contribution in [0.5, 0.6) is 23.0 Å². The Balaban J connectivity index is 1.53. The molecule has 4 aromatic carbocycles. The van der Waals surface area contributed by atoms with Gasteiger partial charge in [-0.15, -0.1) is 0 Å². The van der Waals surface area contributed by atoms with Crippen molar-refractivity contribution in [3.05, 3.63) is 82.9 Å². The minimum absolute atomic E-state index is 0.375. The predicted octanol–water partition coefficient (Wildman–Crippen LogP) is 9.38. The van der Waals surface area contributed by atoms with Gasteiger partial charge in [-0.3, -0.25) is 0 Å². The third kappa shape index (κ3) is 8.86. The molecule has 2 aliphatic carbocycles. The van der Waals surface area contributed by atoms with Crippen molar-refractivity contribution >= 4 is 25.5 Å². The Hall–Kier alpha value is -3.95. The Morgan fingerprint density at radius 3 is 1.45 bits per heavy atom. The fraction of sp³-hybridized carbons (Fsp3) is 0.520. The largest absolute Gasteiger partial charge is 0.494 e. The molecule has 60 heavy (non-hydrogen) atoms. The molecule has 1 spiro atoms. The van der Waals surface area contributed by atoms with Gasteiger partial charge in [0.1, 0.15) is 0 Å². The first-order valence-electron chi connectivity index (χ1n) is 22.5. The second-order valence-corrected chi connectivity index (χ2v) is 17.4. The van der Waals surface area contributed by atoms with Crippen LogP contribution in [0, 0.1) is 23.7 Å². The van der Waals surface area contributed by atoms with Crippen LogP contribution in [0.4, 0.5) is 0 Å². The zero-order valence-corrected chi connectivity index (χ0v) is 37.5. The molecular weight excluding hydrogens is 750 g/mol. The maximum absolute atomic E-state index is 6.81. The van der Waals surface area contributed by atoms with E-state index in [4.69, 9.17) is 37.6 Å². The molecule has 1 fully saturated rings. The van der Waals surface area contributed by atoms with Crippen LogP contribution in [0.25, 0.3) is 22.3 Å². The van der Waals surface area contributed by atoms with E-state index in [1.807, 2.05) is 7.48 Å². The third-order valence-electron chi connectivity index (χ3n) is 12.9. The molecule has 7 rings (SSSR count). The SMILES string of the molecule is CCC(C)COc1cc2c(cc1OCC(C)CC)C1(c3cc([B]OCCOC)ccc3-c3ccc(B4OCCO4)cc31)c1cc(OCC(C)CC)c(OCC(C)CC)cc1-2. The van der Waals surface area contributed by atoms with E-state index in [1.165, 1.54) is 0 Å². The van der Waals surface area contributed by atoms with Crippen molar-refractivity contribution in [2.45, 2.75) is 86.5 Å². The maximum Gasteiger partial charge on any atom is 0.494 e. The van der Waals surface area contributed by atoms with Crippen molar-refractivity contribution < 1.29 is 37.6 Å². The molecule has 8 nitrogen and oxygen atoms in total. The molecule has 0 N–H and O–H groups in total. The lowest BCUT2D eigenvalue weighted by molar-refractivity contribution is 0.150. The number of hydrogen-bond donors (Lipinski definition) is 0. The Kier molecular flexibility index (Phi) is 14.6. The molecular formula is C50H65B2O8. The molecule has 0 bridgehead atoms. The van der Waals surface area contributed by atoms with Gasteiger partial charge in [-0.05, 0) is 97.9 Å². The van der Waals surface area contributed by atoms with Gasteiger partial charge in [0, 0.05) is 7.11 Å². The fourth-order valence-corrected chi connectivity index (χ4v) is 8.18. The topological polar surface area (TPSA) is 73.8 Å². The molecule has 4 aromatic rings. The number of benzene rings is 4. The summed E-state index contributed by atoms with van der Waals surface area (Å²) in [5, 5.41) is 0. The highest BCUT2D eigenvalue weighted by Crippen LogP contribution is 2.65. The van der Waals surface area contributed by atoms with E-state index in [-0.39, 0.29) is 0 Å². The fourth-order valence-electron chi connectivity index (χ4n) is 8.18. The molecule has 4 unspecified atom stereocenters. The molecule has 1 radical (unpaired) electrons. The van der Waals surface area contributed by atoms with E-state index >= 15 is 0 Å². The summed E-state index contributed by atoms with van der Waals surface area (Å²) in [5.74, 6) is 4.55.